The number of ether oxygens (including phenoxy) is 1. The first-order valence-corrected chi connectivity index (χ1v) is 7.25. The number of hydrogen-bond donors (Lipinski definition) is 1. The predicted molar refractivity (Wildman–Crippen MR) is 73.7 cm³/mol. The van der Waals surface area contributed by atoms with Crippen molar-refractivity contribution >= 4 is 11.9 Å². The fourth-order valence-corrected chi connectivity index (χ4v) is 3.34. The number of hydrogen-bond acceptors (Lipinski definition) is 3. The van der Waals surface area contributed by atoms with Gasteiger partial charge < -0.3 is 10.1 Å². The average Bonchev–Trinajstić information content (AvgIpc) is 2.83. The first kappa shape index (κ1) is 13.2. The topological polar surface area (TPSA) is 55.4 Å². The van der Waals surface area contributed by atoms with Crippen LogP contribution in [0.2, 0.25) is 0 Å². The van der Waals surface area contributed by atoms with Crippen molar-refractivity contribution in [3.8, 4) is 0 Å². The summed E-state index contributed by atoms with van der Waals surface area (Å²) >= 11 is 0. The van der Waals surface area contributed by atoms with Crippen molar-refractivity contribution in [3.63, 3.8) is 0 Å². The molecule has 0 spiro atoms. The summed E-state index contributed by atoms with van der Waals surface area (Å²) in [5.74, 6) is -0.303. The van der Waals surface area contributed by atoms with Gasteiger partial charge in [0, 0.05) is 12.5 Å². The SMILES string of the molecule is O=C1C[C@H]2CCCC[C@]2(C(=O)NCc2ccccc2)O1. The summed E-state index contributed by atoms with van der Waals surface area (Å²) < 4.78 is 5.45. The van der Waals surface area contributed by atoms with Crippen LogP contribution in [0.1, 0.15) is 37.7 Å². The van der Waals surface area contributed by atoms with Crippen LogP contribution >= 0.6 is 0 Å². The molecule has 1 aromatic carbocycles. The Labute approximate surface area is 118 Å². The van der Waals surface area contributed by atoms with Gasteiger partial charge in [-0.3, -0.25) is 9.59 Å². The van der Waals surface area contributed by atoms with Crippen LogP contribution in [0.3, 0.4) is 0 Å². The molecule has 1 N–H and O–H groups in total. The van der Waals surface area contributed by atoms with Gasteiger partial charge in [0.25, 0.3) is 5.91 Å². The number of fused-ring (bicyclic) bond motifs is 1. The molecule has 0 unspecified atom stereocenters. The maximum absolute atomic E-state index is 12.5. The second kappa shape index (κ2) is 5.27. The number of carbonyl (C=O) groups is 2. The first-order chi connectivity index (χ1) is 9.71. The molecular formula is C16H19NO3. The lowest BCUT2D eigenvalue weighted by Gasteiger charge is -2.35. The van der Waals surface area contributed by atoms with E-state index in [1.54, 1.807) is 0 Å². The Morgan fingerprint density at radius 3 is 2.90 bits per heavy atom. The van der Waals surface area contributed by atoms with Gasteiger partial charge in [0.2, 0.25) is 0 Å². The Hall–Kier alpha value is -1.84. The minimum absolute atomic E-state index is 0.0551. The standard InChI is InChI=1S/C16H19NO3/c18-14-10-13-8-4-5-9-16(13,20-14)15(19)17-11-12-6-2-1-3-7-12/h1-3,6-7,13H,4-5,8-11H2,(H,17,19)/t13-,16+/m1/s1. The Morgan fingerprint density at radius 2 is 2.10 bits per heavy atom. The van der Waals surface area contributed by atoms with Gasteiger partial charge in [0.1, 0.15) is 0 Å². The van der Waals surface area contributed by atoms with Gasteiger partial charge in [0.15, 0.2) is 5.60 Å². The molecule has 0 bridgehead atoms. The fourth-order valence-electron chi connectivity index (χ4n) is 3.34. The first-order valence-electron chi connectivity index (χ1n) is 7.25. The molecule has 1 amide bonds. The lowest BCUT2D eigenvalue weighted by molar-refractivity contribution is -0.163. The Morgan fingerprint density at radius 1 is 1.30 bits per heavy atom. The maximum Gasteiger partial charge on any atom is 0.307 e. The van der Waals surface area contributed by atoms with E-state index in [1.807, 2.05) is 30.3 Å². The van der Waals surface area contributed by atoms with Gasteiger partial charge in [-0.05, 0) is 24.8 Å². The van der Waals surface area contributed by atoms with Crippen LogP contribution in [0.5, 0.6) is 0 Å². The molecule has 4 heteroatoms. The minimum Gasteiger partial charge on any atom is -0.449 e. The molecule has 3 rings (SSSR count). The van der Waals surface area contributed by atoms with Crippen LogP contribution in [-0.4, -0.2) is 17.5 Å². The van der Waals surface area contributed by atoms with Gasteiger partial charge in [-0.2, -0.15) is 0 Å². The van der Waals surface area contributed by atoms with E-state index >= 15 is 0 Å². The molecule has 2 aliphatic rings. The molecule has 1 saturated carbocycles. The van der Waals surface area contributed by atoms with E-state index in [-0.39, 0.29) is 17.8 Å². The molecule has 1 saturated heterocycles. The molecule has 0 aromatic heterocycles. The maximum atomic E-state index is 12.5. The summed E-state index contributed by atoms with van der Waals surface area (Å²) in [6, 6.07) is 9.77. The number of nitrogens with one attached hydrogen (secondary N) is 1. The fraction of sp³-hybridized carbons (Fsp3) is 0.500. The Kier molecular flexibility index (Phi) is 3.47. The highest BCUT2D eigenvalue weighted by Crippen LogP contribution is 2.44. The molecule has 106 valence electrons. The smallest absolute Gasteiger partial charge is 0.307 e. The van der Waals surface area contributed by atoms with E-state index in [0.29, 0.717) is 19.4 Å². The summed E-state index contributed by atoms with van der Waals surface area (Å²) in [7, 11) is 0. The summed E-state index contributed by atoms with van der Waals surface area (Å²) in [6.07, 6.45) is 3.98. The van der Waals surface area contributed by atoms with Crippen molar-refractivity contribution < 1.29 is 14.3 Å². The molecule has 0 radical (unpaired) electrons. The van der Waals surface area contributed by atoms with Crippen LogP contribution in [0.15, 0.2) is 30.3 Å². The molecular weight excluding hydrogens is 254 g/mol. The molecule has 1 aliphatic carbocycles. The minimum atomic E-state index is -0.899. The molecule has 1 heterocycles. The van der Waals surface area contributed by atoms with Crippen LogP contribution in [0, 0.1) is 5.92 Å². The number of benzene rings is 1. The summed E-state index contributed by atoms with van der Waals surface area (Å²) in [5.41, 5.74) is 0.151. The van der Waals surface area contributed by atoms with E-state index < -0.39 is 5.60 Å². The predicted octanol–water partition coefficient (Wildman–Crippen LogP) is 2.18. The Balaban J connectivity index is 1.70. The van der Waals surface area contributed by atoms with Crippen molar-refractivity contribution in [2.45, 2.75) is 44.2 Å². The van der Waals surface area contributed by atoms with Gasteiger partial charge in [0.05, 0.1) is 6.42 Å². The molecule has 4 nitrogen and oxygen atoms in total. The quantitative estimate of drug-likeness (QED) is 0.859. The normalized spacial score (nSPS) is 28.6. The van der Waals surface area contributed by atoms with Crippen LogP contribution in [0.4, 0.5) is 0 Å². The van der Waals surface area contributed by atoms with E-state index in [9.17, 15) is 9.59 Å². The summed E-state index contributed by atoms with van der Waals surface area (Å²) in [6.45, 7) is 0.478. The van der Waals surface area contributed by atoms with Crippen molar-refractivity contribution in [1.29, 1.82) is 0 Å². The zero-order chi connectivity index (χ0) is 14.0. The third-order valence-corrected chi connectivity index (χ3v) is 4.40. The van der Waals surface area contributed by atoms with E-state index in [2.05, 4.69) is 5.32 Å². The van der Waals surface area contributed by atoms with Gasteiger partial charge in [-0.1, -0.05) is 36.8 Å². The van der Waals surface area contributed by atoms with Crippen molar-refractivity contribution in [2.75, 3.05) is 0 Å². The van der Waals surface area contributed by atoms with E-state index in [1.165, 1.54) is 0 Å². The highest BCUT2D eigenvalue weighted by atomic mass is 16.6. The van der Waals surface area contributed by atoms with E-state index in [4.69, 9.17) is 4.74 Å². The highest BCUT2D eigenvalue weighted by Gasteiger charge is 2.55. The second-order valence-electron chi connectivity index (χ2n) is 5.68. The third-order valence-electron chi connectivity index (χ3n) is 4.40. The van der Waals surface area contributed by atoms with Crippen molar-refractivity contribution in [3.05, 3.63) is 35.9 Å². The lowest BCUT2D eigenvalue weighted by Crippen LogP contribution is -2.52. The second-order valence-corrected chi connectivity index (χ2v) is 5.68. The zero-order valence-electron chi connectivity index (χ0n) is 11.4. The summed E-state index contributed by atoms with van der Waals surface area (Å²) in [4.78, 5) is 24.1. The molecule has 20 heavy (non-hydrogen) atoms. The van der Waals surface area contributed by atoms with Crippen LogP contribution in [-0.2, 0) is 20.9 Å². The summed E-state index contributed by atoms with van der Waals surface area (Å²) in [5, 5.41) is 2.94. The number of carbonyl (C=O) groups excluding carboxylic acids is 2. The van der Waals surface area contributed by atoms with Gasteiger partial charge in [-0.15, -0.1) is 0 Å². The van der Waals surface area contributed by atoms with Crippen molar-refractivity contribution in [1.82, 2.24) is 5.32 Å². The van der Waals surface area contributed by atoms with Crippen molar-refractivity contribution in [2.24, 2.45) is 5.92 Å². The van der Waals surface area contributed by atoms with Crippen LogP contribution in [0.25, 0.3) is 0 Å². The zero-order valence-corrected chi connectivity index (χ0v) is 11.4. The highest BCUT2D eigenvalue weighted by molar-refractivity contribution is 5.91. The largest absolute Gasteiger partial charge is 0.449 e. The Bertz CT molecular complexity index is 514. The number of amides is 1. The molecule has 2 fully saturated rings. The molecule has 1 aromatic rings. The molecule has 1 aliphatic heterocycles. The molecule has 2 atom stereocenters. The number of esters is 1. The van der Waals surface area contributed by atoms with Gasteiger partial charge in [-0.25, -0.2) is 0 Å². The third kappa shape index (κ3) is 2.30. The monoisotopic (exact) mass is 273 g/mol. The van der Waals surface area contributed by atoms with Gasteiger partial charge >= 0.3 is 5.97 Å². The lowest BCUT2D eigenvalue weighted by atomic mass is 9.75. The van der Waals surface area contributed by atoms with Crippen LogP contribution < -0.4 is 5.32 Å². The number of rotatable bonds is 3. The van der Waals surface area contributed by atoms with E-state index in [0.717, 1.165) is 24.8 Å². The average molecular weight is 273 g/mol.